The minimum Gasteiger partial charge on any atom is -0.377 e. The molecule has 1 N–H and O–H groups in total. The van der Waals surface area contributed by atoms with E-state index in [1.807, 2.05) is 51.2 Å². The SMILES string of the molecule is CCCN(C)C(=O)c1ccc(NC(CC(C)C)c2sc(-c3ccc(C(F)(F)F)cc3)cc2C)cc1. The van der Waals surface area contributed by atoms with Crippen molar-refractivity contribution in [2.24, 2.45) is 5.92 Å². The molecule has 7 heteroatoms. The van der Waals surface area contributed by atoms with Crippen LogP contribution in [0.25, 0.3) is 10.4 Å². The second-order valence-corrected chi connectivity index (χ2v) is 10.4. The fourth-order valence-corrected chi connectivity index (χ4v) is 5.32. The van der Waals surface area contributed by atoms with Crippen LogP contribution in [-0.4, -0.2) is 24.4 Å². The van der Waals surface area contributed by atoms with Crippen molar-refractivity contribution >= 4 is 22.9 Å². The Kier molecular flexibility index (Phi) is 8.65. The average Bonchev–Trinajstić information content (AvgIpc) is 3.19. The molecule has 35 heavy (non-hydrogen) atoms. The molecule has 0 aliphatic carbocycles. The van der Waals surface area contributed by atoms with E-state index in [0.717, 1.165) is 51.5 Å². The molecule has 3 nitrogen and oxygen atoms in total. The maximum atomic E-state index is 12.9. The Balaban J connectivity index is 1.82. The molecule has 0 saturated carbocycles. The number of nitrogens with one attached hydrogen (secondary N) is 1. The zero-order valence-corrected chi connectivity index (χ0v) is 21.7. The van der Waals surface area contributed by atoms with Crippen molar-refractivity contribution in [1.29, 1.82) is 0 Å². The van der Waals surface area contributed by atoms with Gasteiger partial charge in [0.15, 0.2) is 0 Å². The van der Waals surface area contributed by atoms with Crippen LogP contribution in [0, 0.1) is 12.8 Å². The molecule has 0 aliphatic rings. The molecule has 0 radical (unpaired) electrons. The molecule has 3 aromatic rings. The van der Waals surface area contributed by atoms with Gasteiger partial charge >= 0.3 is 6.18 Å². The molecule has 0 fully saturated rings. The third-order valence-corrected chi connectivity index (χ3v) is 7.25. The van der Waals surface area contributed by atoms with E-state index in [4.69, 9.17) is 0 Å². The van der Waals surface area contributed by atoms with Crippen molar-refractivity contribution in [2.75, 3.05) is 18.9 Å². The summed E-state index contributed by atoms with van der Waals surface area (Å²) in [5.74, 6) is 0.444. The van der Waals surface area contributed by atoms with Gasteiger partial charge in [0.25, 0.3) is 5.91 Å². The van der Waals surface area contributed by atoms with Crippen LogP contribution in [0.1, 0.15) is 66.0 Å². The highest BCUT2D eigenvalue weighted by Gasteiger charge is 2.30. The monoisotopic (exact) mass is 502 g/mol. The van der Waals surface area contributed by atoms with E-state index in [-0.39, 0.29) is 11.9 Å². The Morgan fingerprint density at radius 2 is 1.69 bits per heavy atom. The van der Waals surface area contributed by atoms with Gasteiger partial charge in [0, 0.05) is 34.6 Å². The van der Waals surface area contributed by atoms with E-state index in [1.165, 1.54) is 12.1 Å². The van der Waals surface area contributed by atoms with Gasteiger partial charge in [-0.25, -0.2) is 0 Å². The first-order valence-electron chi connectivity index (χ1n) is 11.9. The van der Waals surface area contributed by atoms with Gasteiger partial charge in [-0.15, -0.1) is 11.3 Å². The lowest BCUT2D eigenvalue weighted by atomic mass is 9.99. The van der Waals surface area contributed by atoms with Gasteiger partial charge < -0.3 is 10.2 Å². The van der Waals surface area contributed by atoms with Gasteiger partial charge in [-0.3, -0.25) is 4.79 Å². The van der Waals surface area contributed by atoms with E-state index in [2.05, 4.69) is 19.2 Å². The number of carbonyl (C=O) groups is 1. The summed E-state index contributed by atoms with van der Waals surface area (Å²) in [6, 6.07) is 15.0. The summed E-state index contributed by atoms with van der Waals surface area (Å²) >= 11 is 1.61. The number of aryl methyl sites for hydroxylation is 1. The fourth-order valence-electron chi connectivity index (χ4n) is 4.08. The van der Waals surface area contributed by atoms with Crippen molar-refractivity contribution < 1.29 is 18.0 Å². The number of anilines is 1. The van der Waals surface area contributed by atoms with Crippen LogP contribution >= 0.6 is 11.3 Å². The molecule has 3 rings (SSSR count). The highest BCUT2D eigenvalue weighted by Crippen LogP contribution is 2.39. The van der Waals surface area contributed by atoms with Crippen molar-refractivity contribution in [3.05, 3.63) is 76.2 Å². The quantitative estimate of drug-likeness (QED) is 0.318. The van der Waals surface area contributed by atoms with Crippen LogP contribution in [-0.2, 0) is 6.18 Å². The summed E-state index contributed by atoms with van der Waals surface area (Å²) in [6.45, 7) is 9.13. The lowest BCUT2D eigenvalue weighted by Crippen LogP contribution is -2.27. The zero-order chi connectivity index (χ0) is 25.8. The molecule has 0 spiro atoms. The lowest BCUT2D eigenvalue weighted by molar-refractivity contribution is -0.137. The number of nitrogens with zero attached hydrogens (tertiary/aromatic N) is 1. The Morgan fingerprint density at radius 3 is 2.23 bits per heavy atom. The van der Waals surface area contributed by atoms with Crippen molar-refractivity contribution in [2.45, 2.75) is 52.8 Å². The average molecular weight is 503 g/mol. The number of amides is 1. The summed E-state index contributed by atoms with van der Waals surface area (Å²) in [5, 5.41) is 3.62. The molecule has 1 aromatic heterocycles. The lowest BCUT2D eigenvalue weighted by Gasteiger charge is -2.22. The predicted molar refractivity (Wildman–Crippen MR) is 139 cm³/mol. The Morgan fingerprint density at radius 1 is 1.06 bits per heavy atom. The molecule has 1 amide bonds. The molecule has 1 atom stereocenters. The van der Waals surface area contributed by atoms with Crippen LogP contribution in [0.2, 0.25) is 0 Å². The van der Waals surface area contributed by atoms with Gasteiger partial charge in [0.1, 0.15) is 0 Å². The highest BCUT2D eigenvalue weighted by atomic mass is 32.1. The largest absolute Gasteiger partial charge is 0.416 e. The Bertz CT molecular complexity index is 1120. The Hall–Kier alpha value is -2.80. The third-order valence-electron chi connectivity index (χ3n) is 5.85. The first-order chi connectivity index (χ1) is 16.5. The molecule has 188 valence electrons. The highest BCUT2D eigenvalue weighted by molar-refractivity contribution is 7.15. The summed E-state index contributed by atoms with van der Waals surface area (Å²) in [7, 11) is 1.81. The topological polar surface area (TPSA) is 32.3 Å². The Labute approximate surface area is 210 Å². The number of benzene rings is 2. The van der Waals surface area contributed by atoms with E-state index >= 15 is 0 Å². The summed E-state index contributed by atoms with van der Waals surface area (Å²) in [5.41, 5.74) is 2.82. The number of hydrogen-bond acceptors (Lipinski definition) is 3. The zero-order valence-electron chi connectivity index (χ0n) is 20.9. The van der Waals surface area contributed by atoms with Gasteiger partial charge in [-0.1, -0.05) is 32.9 Å². The summed E-state index contributed by atoms with van der Waals surface area (Å²) in [4.78, 5) is 16.4. The molecule has 0 saturated heterocycles. The smallest absolute Gasteiger partial charge is 0.377 e. The summed E-state index contributed by atoms with van der Waals surface area (Å²) < 4.78 is 38.8. The fraction of sp³-hybridized carbons (Fsp3) is 0.393. The van der Waals surface area contributed by atoms with Crippen LogP contribution < -0.4 is 5.32 Å². The molecule has 2 aromatic carbocycles. The van der Waals surface area contributed by atoms with Crippen LogP contribution in [0.5, 0.6) is 0 Å². The first kappa shape index (κ1) is 26.8. The van der Waals surface area contributed by atoms with Gasteiger partial charge in [-0.05, 0) is 79.3 Å². The maximum absolute atomic E-state index is 12.9. The van der Waals surface area contributed by atoms with Crippen molar-refractivity contribution in [3.63, 3.8) is 0 Å². The number of alkyl halides is 3. The first-order valence-corrected chi connectivity index (χ1v) is 12.7. The standard InChI is InChI=1S/C28H33F3N2OS/c1-6-15-33(5)27(34)21-9-13-23(14-10-21)32-24(16-18(2)3)26-19(4)17-25(35-26)20-7-11-22(12-8-20)28(29,30)31/h7-14,17-18,24,32H,6,15-16H2,1-5H3. The van der Waals surface area contributed by atoms with E-state index in [1.54, 1.807) is 16.2 Å². The number of rotatable bonds is 9. The molecular formula is C28H33F3N2OS. The van der Waals surface area contributed by atoms with Gasteiger partial charge in [0.2, 0.25) is 0 Å². The van der Waals surface area contributed by atoms with E-state index in [9.17, 15) is 18.0 Å². The maximum Gasteiger partial charge on any atom is 0.416 e. The number of thiophene rings is 1. The summed E-state index contributed by atoms with van der Waals surface area (Å²) in [6.07, 6.45) is -2.53. The van der Waals surface area contributed by atoms with E-state index in [0.29, 0.717) is 18.0 Å². The van der Waals surface area contributed by atoms with Crippen LogP contribution in [0.15, 0.2) is 54.6 Å². The molecule has 1 heterocycles. The van der Waals surface area contributed by atoms with Crippen LogP contribution in [0.3, 0.4) is 0 Å². The van der Waals surface area contributed by atoms with Gasteiger partial charge in [0.05, 0.1) is 11.6 Å². The normalized spacial score (nSPS) is 12.6. The number of hydrogen-bond donors (Lipinski definition) is 1. The minimum atomic E-state index is -4.34. The van der Waals surface area contributed by atoms with Crippen molar-refractivity contribution in [3.8, 4) is 10.4 Å². The van der Waals surface area contributed by atoms with Gasteiger partial charge in [-0.2, -0.15) is 13.2 Å². The molecule has 1 unspecified atom stereocenters. The van der Waals surface area contributed by atoms with Crippen molar-refractivity contribution in [1.82, 2.24) is 4.90 Å². The third kappa shape index (κ3) is 6.88. The predicted octanol–water partition coefficient (Wildman–Crippen LogP) is 8.42. The van der Waals surface area contributed by atoms with Crippen LogP contribution in [0.4, 0.5) is 18.9 Å². The number of carbonyl (C=O) groups excluding carboxylic acids is 1. The molecular weight excluding hydrogens is 469 g/mol. The second kappa shape index (κ2) is 11.3. The van der Waals surface area contributed by atoms with E-state index < -0.39 is 11.7 Å². The minimum absolute atomic E-state index is 0.00687. The molecule has 0 bridgehead atoms. The number of halogens is 3. The molecule has 0 aliphatic heterocycles. The second-order valence-electron chi connectivity index (χ2n) is 9.36.